The van der Waals surface area contributed by atoms with Crippen LogP contribution in [-0.2, 0) is 72.1 Å². The zero-order valence-electron chi connectivity index (χ0n) is 2.94. The molecular weight excluding hydrogens is 498 g/mol. The van der Waals surface area contributed by atoms with Crippen LogP contribution in [0, 0.1) is 0 Å². The summed E-state index contributed by atoms with van der Waals surface area (Å²) in [6.45, 7) is 0. The molecule has 0 aliphatic heterocycles. The molecule has 0 aromatic rings. The van der Waals surface area contributed by atoms with E-state index in [9.17, 15) is 0 Å². The van der Waals surface area contributed by atoms with Crippen LogP contribution in [0.5, 0.6) is 0 Å². The van der Waals surface area contributed by atoms with Crippen LogP contribution in [0.3, 0.4) is 0 Å². The summed E-state index contributed by atoms with van der Waals surface area (Å²) in [6, 6.07) is 0. The van der Waals surface area contributed by atoms with Crippen molar-refractivity contribution in [2.24, 2.45) is 0 Å². The third-order valence-electron chi connectivity index (χ3n) is 0. The molecule has 0 N–H and O–H groups in total. The first-order valence-corrected chi connectivity index (χ1v) is 0. The van der Waals surface area contributed by atoms with E-state index in [1.165, 1.54) is 0 Å². The van der Waals surface area contributed by atoms with Gasteiger partial charge in [0.1, 0.15) is 0 Å². The molecule has 0 bridgehead atoms. The van der Waals surface area contributed by atoms with E-state index in [-0.39, 0.29) is 94.1 Å². The maximum absolute atomic E-state index is 0. The van der Waals surface area contributed by atoms with Gasteiger partial charge in [0, 0.05) is 0 Å². The van der Waals surface area contributed by atoms with Gasteiger partial charge < -0.3 is 27.4 Å². The summed E-state index contributed by atoms with van der Waals surface area (Å²) >= 11 is 0. The molecule has 0 amide bonds. The van der Waals surface area contributed by atoms with E-state index in [2.05, 4.69) is 0 Å². The topological polar surface area (TPSA) is 142 Å². The SMILES string of the molecule is [O-2].[O-2].[O-2].[O-2].[O-2].[SiH4].[SiH4].[Ta+5].[Ta+5]. The molecule has 0 aromatic carbocycles. The summed E-state index contributed by atoms with van der Waals surface area (Å²) < 4.78 is 0. The van der Waals surface area contributed by atoms with E-state index < -0.39 is 0 Å². The molecule has 0 atom stereocenters. The Hall–Kier alpha value is 1.71. The second kappa shape index (κ2) is 251. The molecule has 0 saturated carbocycles. The van der Waals surface area contributed by atoms with Crippen LogP contribution in [0.25, 0.3) is 0 Å². The van der Waals surface area contributed by atoms with E-state index in [1.807, 2.05) is 0 Å². The van der Waals surface area contributed by atoms with Gasteiger partial charge >= 0.3 is 44.8 Å². The maximum Gasteiger partial charge on any atom is 5.00 e. The minimum absolute atomic E-state index is 0. The smallest absolute Gasteiger partial charge is 2.00 e. The Kier molecular flexibility index (Phi) is 9600. The zero-order valence-corrected chi connectivity index (χ0v) is 9.36. The average Bonchev–Trinajstić information content (AvgIpc) is 0. The third-order valence-corrected chi connectivity index (χ3v) is 0. The Bertz CT molecular complexity index is 12.9. The molecule has 0 aliphatic rings. The number of hydrogen-bond donors (Lipinski definition) is 0. The van der Waals surface area contributed by atoms with Gasteiger partial charge in [-0.25, -0.2) is 0 Å². The summed E-state index contributed by atoms with van der Waals surface area (Å²) in [5.74, 6) is 0. The first-order valence-electron chi connectivity index (χ1n) is 0. The second-order valence-corrected chi connectivity index (χ2v) is 0. The van der Waals surface area contributed by atoms with Crippen molar-refractivity contribution in [2.45, 2.75) is 0 Å². The Labute approximate surface area is 93.6 Å². The molecule has 0 fully saturated rings. The number of rotatable bonds is 0. The average molecular weight is 506 g/mol. The molecule has 56 valence electrons. The standard InChI is InChI=1S/5O.2H4Si.2Ta/h;;;;;2*1H4;;/q5*-2;;;2*+5. The van der Waals surface area contributed by atoms with Gasteiger partial charge in [-0.05, 0) is 21.9 Å². The van der Waals surface area contributed by atoms with Crippen LogP contribution in [-0.4, -0.2) is 21.9 Å². The molecule has 0 unspecified atom stereocenters. The summed E-state index contributed by atoms with van der Waals surface area (Å²) in [6.07, 6.45) is 0. The van der Waals surface area contributed by atoms with Crippen molar-refractivity contribution in [1.29, 1.82) is 0 Å². The van der Waals surface area contributed by atoms with Crippen molar-refractivity contribution in [3.8, 4) is 0 Å². The van der Waals surface area contributed by atoms with Crippen molar-refractivity contribution < 1.29 is 72.1 Å². The first kappa shape index (κ1) is 344. The van der Waals surface area contributed by atoms with Gasteiger partial charge in [0.15, 0.2) is 0 Å². The Morgan fingerprint density at radius 3 is 0.333 bits per heavy atom. The van der Waals surface area contributed by atoms with Gasteiger partial charge in [0.05, 0.1) is 0 Å². The summed E-state index contributed by atoms with van der Waals surface area (Å²) in [5.41, 5.74) is 0. The third kappa shape index (κ3) is 197. The van der Waals surface area contributed by atoms with Crippen LogP contribution in [0.2, 0.25) is 0 Å². The second-order valence-electron chi connectivity index (χ2n) is 0. The normalized spacial score (nSPS) is 0. The van der Waals surface area contributed by atoms with Gasteiger partial charge in [-0.2, -0.15) is 0 Å². The maximum atomic E-state index is 0. The zero-order chi connectivity index (χ0) is 0. The molecule has 0 radical (unpaired) electrons. The molecule has 9 heavy (non-hydrogen) atoms. The predicted octanol–water partition coefficient (Wildman–Crippen LogP) is -3.50. The van der Waals surface area contributed by atoms with Gasteiger partial charge in [-0.3, -0.25) is 0 Å². The van der Waals surface area contributed by atoms with Crippen LogP contribution in [0.4, 0.5) is 0 Å². The predicted molar refractivity (Wildman–Crippen MR) is 26.1 cm³/mol. The van der Waals surface area contributed by atoms with E-state index in [0.29, 0.717) is 0 Å². The fourth-order valence-electron chi connectivity index (χ4n) is 0. The summed E-state index contributed by atoms with van der Waals surface area (Å²) in [5, 5.41) is 0. The molecule has 0 heterocycles. The first-order chi connectivity index (χ1) is 0. The van der Waals surface area contributed by atoms with Crippen molar-refractivity contribution >= 4 is 21.9 Å². The molecule has 5 nitrogen and oxygen atoms in total. The minimum atomic E-state index is 0. The van der Waals surface area contributed by atoms with Gasteiger partial charge in [-0.1, -0.05) is 0 Å². The summed E-state index contributed by atoms with van der Waals surface area (Å²) in [7, 11) is 0. The van der Waals surface area contributed by atoms with E-state index >= 15 is 0 Å². The van der Waals surface area contributed by atoms with Gasteiger partial charge in [0.2, 0.25) is 0 Å². The van der Waals surface area contributed by atoms with Crippen LogP contribution in [0.15, 0.2) is 0 Å². The molecule has 0 spiro atoms. The fourth-order valence-corrected chi connectivity index (χ4v) is 0. The van der Waals surface area contributed by atoms with Crippen LogP contribution in [0.1, 0.15) is 0 Å². The number of hydrogen-bond acceptors (Lipinski definition) is 0. The molecule has 0 aliphatic carbocycles. The van der Waals surface area contributed by atoms with E-state index in [0.717, 1.165) is 0 Å². The van der Waals surface area contributed by atoms with Crippen LogP contribution >= 0.6 is 0 Å². The Balaban J connectivity index is 0. The van der Waals surface area contributed by atoms with Crippen molar-refractivity contribution in [3.05, 3.63) is 0 Å². The minimum Gasteiger partial charge on any atom is -2.00 e. The van der Waals surface area contributed by atoms with Gasteiger partial charge in [0.25, 0.3) is 0 Å². The van der Waals surface area contributed by atoms with Crippen molar-refractivity contribution in [1.82, 2.24) is 0 Å². The van der Waals surface area contributed by atoms with E-state index in [4.69, 9.17) is 0 Å². The molecule has 0 saturated heterocycles. The van der Waals surface area contributed by atoms with Crippen molar-refractivity contribution in [3.63, 3.8) is 0 Å². The largest absolute Gasteiger partial charge is 5.00 e. The summed E-state index contributed by atoms with van der Waals surface area (Å²) in [4.78, 5) is 0. The van der Waals surface area contributed by atoms with Crippen molar-refractivity contribution in [2.75, 3.05) is 0 Å². The molecule has 0 rings (SSSR count). The Morgan fingerprint density at radius 2 is 0.333 bits per heavy atom. The van der Waals surface area contributed by atoms with E-state index in [1.54, 1.807) is 0 Å². The molecular formula is H8O5Si2Ta2. The fraction of sp³-hybridized carbons (Fsp3) is 0. The van der Waals surface area contributed by atoms with Crippen LogP contribution < -0.4 is 0 Å². The van der Waals surface area contributed by atoms with Gasteiger partial charge in [-0.15, -0.1) is 0 Å². The molecule has 9 heteroatoms. The Morgan fingerprint density at radius 1 is 0.333 bits per heavy atom. The molecule has 0 aromatic heterocycles. The quantitative estimate of drug-likeness (QED) is 0.301. The monoisotopic (exact) mass is 506 g/mol.